The van der Waals surface area contributed by atoms with Gasteiger partial charge in [0.2, 0.25) is 0 Å². The molecular weight excluding hydrogens is 277 g/mol. The summed E-state index contributed by atoms with van der Waals surface area (Å²) in [5.74, 6) is 0. The number of rotatable bonds is 1. The van der Waals surface area contributed by atoms with Crippen LogP contribution in [0.2, 0.25) is 5.02 Å². The van der Waals surface area contributed by atoms with E-state index in [1.165, 1.54) is 6.33 Å². The minimum atomic E-state index is 0.667. The summed E-state index contributed by atoms with van der Waals surface area (Å²) >= 11 is 9.23. The predicted molar refractivity (Wildman–Crippen MR) is 65.4 cm³/mol. The average Bonchev–Trinajstić information content (AvgIpc) is 2.72. The lowest BCUT2D eigenvalue weighted by Crippen LogP contribution is -1.93. The highest BCUT2D eigenvalue weighted by atomic mass is 79.9. The van der Waals surface area contributed by atoms with E-state index in [2.05, 4.69) is 26.0 Å². The zero-order valence-corrected chi connectivity index (χ0v) is 10.8. The van der Waals surface area contributed by atoms with Gasteiger partial charge in [-0.3, -0.25) is 0 Å². The first-order chi connectivity index (χ1) is 7.25. The molecule has 0 aliphatic rings. The van der Waals surface area contributed by atoms with Gasteiger partial charge in [-0.1, -0.05) is 41.4 Å². The van der Waals surface area contributed by atoms with E-state index < -0.39 is 0 Å². The van der Waals surface area contributed by atoms with E-state index in [1.54, 1.807) is 11.0 Å². The van der Waals surface area contributed by atoms with E-state index >= 15 is 0 Å². The Morgan fingerprint density at radius 3 is 2.53 bits per heavy atom. The summed E-state index contributed by atoms with van der Waals surface area (Å²) in [6, 6.07) is 5.56. The second-order valence-electron chi connectivity index (χ2n) is 2.47. The Balaban J connectivity index is 0.000000531. The van der Waals surface area contributed by atoms with Crippen LogP contribution >= 0.6 is 27.5 Å². The maximum Gasteiger partial charge on any atom is 0.138 e. The molecule has 3 nitrogen and oxygen atoms in total. The third-order valence-corrected chi connectivity index (χ3v) is 2.21. The first kappa shape index (κ1) is 12.2. The molecule has 0 aliphatic heterocycles. The summed E-state index contributed by atoms with van der Waals surface area (Å²) in [5, 5.41) is 4.66. The number of halogens is 2. The van der Waals surface area contributed by atoms with Crippen molar-refractivity contribution in [3.63, 3.8) is 0 Å². The molecule has 0 aliphatic carbocycles. The Labute approximate surface area is 102 Å². The van der Waals surface area contributed by atoms with Crippen molar-refractivity contribution in [1.29, 1.82) is 0 Å². The number of hydrogen-bond acceptors (Lipinski definition) is 2. The summed E-state index contributed by atoms with van der Waals surface area (Å²) in [4.78, 5) is 3.85. The second kappa shape index (κ2) is 5.88. The van der Waals surface area contributed by atoms with Gasteiger partial charge in [0.25, 0.3) is 0 Å². The van der Waals surface area contributed by atoms with Gasteiger partial charge in [0.15, 0.2) is 0 Å². The molecule has 2 rings (SSSR count). The highest BCUT2D eigenvalue weighted by Gasteiger charge is 1.99. The number of nitrogens with zero attached hydrogens (tertiary/aromatic N) is 3. The van der Waals surface area contributed by atoms with E-state index in [-0.39, 0.29) is 0 Å². The van der Waals surface area contributed by atoms with Crippen molar-refractivity contribution in [2.75, 3.05) is 0 Å². The third kappa shape index (κ3) is 3.32. The van der Waals surface area contributed by atoms with Crippen molar-refractivity contribution in [3.05, 3.63) is 40.3 Å². The molecule has 1 aromatic carbocycles. The molecule has 0 N–H and O–H groups in total. The predicted octanol–water partition coefficient (Wildman–Crippen LogP) is 3.71. The normalized spacial score (nSPS) is 9.33. The molecule has 0 spiro atoms. The Kier molecular flexibility index (Phi) is 4.78. The highest BCUT2D eigenvalue weighted by molar-refractivity contribution is 9.10. The van der Waals surface area contributed by atoms with Crippen LogP contribution in [-0.4, -0.2) is 14.8 Å². The maximum atomic E-state index is 5.88. The molecule has 0 radical (unpaired) electrons. The molecule has 0 fully saturated rings. The maximum absolute atomic E-state index is 5.88. The minimum Gasteiger partial charge on any atom is -0.223 e. The monoisotopic (exact) mass is 287 g/mol. The van der Waals surface area contributed by atoms with E-state index in [1.807, 2.05) is 32.0 Å². The first-order valence-corrected chi connectivity index (χ1v) is 5.74. The molecule has 0 amide bonds. The largest absolute Gasteiger partial charge is 0.223 e. The zero-order valence-electron chi connectivity index (χ0n) is 8.48. The second-order valence-corrected chi connectivity index (χ2v) is 3.82. The number of aromatic nitrogens is 3. The highest BCUT2D eigenvalue weighted by Crippen LogP contribution is 2.21. The van der Waals surface area contributed by atoms with Gasteiger partial charge in [0, 0.05) is 9.50 Å². The fourth-order valence-electron chi connectivity index (χ4n) is 1.01. The van der Waals surface area contributed by atoms with Crippen molar-refractivity contribution < 1.29 is 0 Å². The van der Waals surface area contributed by atoms with Gasteiger partial charge in [-0.15, -0.1) is 0 Å². The Hall–Kier alpha value is -0.870. The van der Waals surface area contributed by atoms with Gasteiger partial charge in [-0.25, -0.2) is 9.67 Å². The molecule has 0 saturated carbocycles. The molecule has 2 aromatic rings. The van der Waals surface area contributed by atoms with Gasteiger partial charge in [-0.05, 0) is 18.2 Å². The lowest BCUT2D eigenvalue weighted by Gasteiger charge is -2.01. The molecule has 0 unspecified atom stereocenters. The van der Waals surface area contributed by atoms with Crippen LogP contribution in [0.3, 0.4) is 0 Å². The van der Waals surface area contributed by atoms with Crippen LogP contribution in [0.15, 0.2) is 35.3 Å². The molecule has 0 saturated heterocycles. The smallest absolute Gasteiger partial charge is 0.138 e. The van der Waals surface area contributed by atoms with Crippen LogP contribution < -0.4 is 0 Å². The molecule has 0 atom stereocenters. The Morgan fingerprint density at radius 1 is 1.27 bits per heavy atom. The van der Waals surface area contributed by atoms with Crippen LogP contribution in [0.5, 0.6) is 0 Å². The Bertz CT molecular complexity index is 394. The minimum absolute atomic E-state index is 0.667. The summed E-state index contributed by atoms with van der Waals surface area (Å²) in [5.41, 5.74) is 0.886. The summed E-state index contributed by atoms with van der Waals surface area (Å²) in [6.07, 6.45) is 3.10. The van der Waals surface area contributed by atoms with Gasteiger partial charge in [-0.2, -0.15) is 5.10 Å². The molecule has 5 heteroatoms. The van der Waals surface area contributed by atoms with Crippen molar-refractivity contribution in [1.82, 2.24) is 14.8 Å². The van der Waals surface area contributed by atoms with Crippen LogP contribution in [0, 0.1) is 0 Å². The SMILES string of the molecule is CC.Clc1cc(Br)cc(-n2cncn2)c1. The molecule has 0 bridgehead atoms. The van der Waals surface area contributed by atoms with E-state index in [4.69, 9.17) is 11.6 Å². The van der Waals surface area contributed by atoms with Crippen LogP contribution in [0.25, 0.3) is 5.69 Å². The quantitative estimate of drug-likeness (QED) is 0.801. The summed E-state index contributed by atoms with van der Waals surface area (Å²) in [6.45, 7) is 4.00. The molecule has 80 valence electrons. The summed E-state index contributed by atoms with van der Waals surface area (Å²) < 4.78 is 2.57. The van der Waals surface area contributed by atoms with Crippen LogP contribution in [0.1, 0.15) is 13.8 Å². The van der Waals surface area contributed by atoms with Gasteiger partial charge in [0.1, 0.15) is 12.7 Å². The topological polar surface area (TPSA) is 30.7 Å². The number of benzene rings is 1. The van der Waals surface area contributed by atoms with Crippen molar-refractivity contribution >= 4 is 27.5 Å². The molecular formula is C10H11BrClN3. The van der Waals surface area contributed by atoms with Crippen molar-refractivity contribution in [2.24, 2.45) is 0 Å². The molecule has 15 heavy (non-hydrogen) atoms. The van der Waals surface area contributed by atoms with Crippen LogP contribution in [0.4, 0.5) is 0 Å². The van der Waals surface area contributed by atoms with Crippen LogP contribution in [-0.2, 0) is 0 Å². The standard InChI is InChI=1S/C8H5BrClN3.C2H6/c9-6-1-7(10)3-8(2-6)13-5-11-4-12-13;1-2/h1-5H;1-2H3. The van der Waals surface area contributed by atoms with Gasteiger partial charge in [0.05, 0.1) is 5.69 Å². The van der Waals surface area contributed by atoms with E-state index in [0.29, 0.717) is 5.02 Å². The van der Waals surface area contributed by atoms with E-state index in [0.717, 1.165) is 10.2 Å². The number of hydrogen-bond donors (Lipinski definition) is 0. The van der Waals surface area contributed by atoms with E-state index in [9.17, 15) is 0 Å². The van der Waals surface area contributed by atoms with Gasteiger partial charge < -0.3 is 0 Å². The fraction of sp³-hybridized carbons (Fsp3) is 0.200. The third-order valence-electron chi connectivity index (χ3n) is 1.53. The molecule has 1 heterocycles. The summed E-state index contributed by atoms with van der Waals surface area (Å²) in [7, 11) is 0. The first-order valence-electron chi connectivity index (χ1n) is 4.57. The van der Waals surface area contributed by atoms with Gasteiger partial charge >= 0.3 is 0 Å². The average molecular weight is 289 g/mol. The van der Waals surface area contributed by atoms with Crippen molar-refractivity contribution in [2.45, 2.75) is 13.8 Å². The zero-order chi connectivity index (χ0) is 11.3. The Morgan fingerprint density at radius 2 is 2.00 bits per heavy atom. The molecule has 1 aromatic heterocycles. The fourth-order valence-corrected chi connectivity index (χ4v) is 1.86. The lowest BCUT2D eigenvalue weighted by molar-refractivity contribution is 0.878. The van der Waals surface area contributed by atoms with Crippen molar-refractivity contribution in [3.8, 4) is 5.69 Å². The lowest BCUT2D eigenvalue weighted by atomic mass is 10.3.